The first-order chi connectivity index (χ1) is 10.2. The number of hydrogen-bond donors (Lipinski definition) is 1. The second-order valence-corrected chi connectivity index (χ2v) is 4.89. The van der Waals surface area contributed by atoms with Crippen LogP contribution in [0.4, 0.5) is 0 Å². The van der Waals surface area contributed by atoms with Gasteiger partial charge in [-0.15, -0.1) is 0 Å². The standard InChI is InChI=1S/C18H14O3/c1-12(11-19)4-2-5-13-6-3-7-15-16-10-14(20)8-9-17(16)21-18(13)15/h2-11,20H,1H3/b5-2-,12-4-. The Morgan fingerprint density at radius 1 is 1.19 bits per heavy atom. The molecule has 0 unspecified atom stereocenters. The minimum atomic E-state index is 0.218. The van der Waals surface area contributed by atoms with Crippen LogP contribution in [0.2, 0.25) is 0 Å². The average Bonchev–Trinajstić information content (AvgIpc) is 2.86. The highest BCUT2D eigenvalue weighted by molar-refractivity contribution is 6.07. The van der Waals surface area contributed by atoms with E-state index in [-0.39, 0.29) is 5.75 Å². The van der Waals surface area contributed by atoms with E-state index in [0.29, 0.717) is 5.57 Å². The molecule has 3 nitrogen and oxygen atoms in total. The zero-order chi connectivity index (χ0) is 14.8. The summed E-state index contributed by atoms with van der Waals surface area (Å²) in [6.07, 6.45) is 6.29. The van der Waals surface area contributed by atoms with Crippen LogP contribution in [0, 0.1) is 0 Å². The Labute approximate surface area is 121 Å². The van der Waals surface area contributed by atoms with E-state index in [4.69, 9.17) is 4.42 Å². The molecule has 0 aliphatic heterocycles. The summed E-state index contributed by atoms with van der Waals surface area (Å²) < 4.78 is 5.87. The molecule has 3 rings (SSSR count). The number of aldehydes is 1. The van der Waals surface area contributed by atoms with Gasteiger partial charge in [0.1, 0.15) is 23.2 Å². The molecule has 3 aromatic rings. The lowest BCUT2D eigenvalue weighted by atomic mass is 10.1. The number of hydrogen-bond acceptors (Lipinski definition) is 3. The summed E-state index contributed by atoms with van der Waals surface area (Å²) in [7, 11) is 0. The maximum absolute atomic E-state index is 10.6. The van der Waals surface area contributed by atoms with E-state index in [2.05, 4.69) is 0 Å². The van der Waals surface area contributed by atoms with E-state index in [1.165, 1.54) is 0 Å². The van der Waals surface area contributed by atoms with E-state index in [0.717, 1.165) is 33.8 Å². The van der Waals surface area contributed by atoms with Gasteiger partial charge in [0.2, 0.25) is 0 Å². The van der Waals surface area contributed by atoms with Gasteiger partial charge in [-0.25, -0.2) is 0 Å². The first-order valence-electron chi connectivity index (χ1n) is 6.63. The molecule has 0 radical (unpaired) electrons. The van der Waals surface area contributed by atoms with Crippen LogP contribution in [-0.2, 0) is 4.79 Å². The lowest BCUT2D eigenvalue weighted by molar-refractivity contribution is -0.104. The third kappa shape index (κ3) is 2.46. The quantitative estimate of drug-likeness (QED) is 0.437. The van der Waals surface area contributed by atoms with Gasteiger partial charge in [-0.1, -0.05) is 36.4 Å². The Bertz CT molecular complexity index is 882. The summed E-state index contributed by atoms with van der Waals surface area (Å²) >= 11 is 0. The van der Waals surface area contributed by atoms with Crippen molar-refractivity contribution in [1.82, 2.24) is 0 Å². The first-order valence-corrected chi connectivity index (χ1v) is 6.63. The highest BCUT2D eigenvalue weighted by atomic mass is 16.3. The molecular weight excluding hydrogens is 264 g/mol. The Hall–Kier alpha value is -2.81. The molecule has 1 aromatic heterocycles. The second-order valence-electron chi connectivity index (χ2n) is 4.89. The number of fused-ring (bicyclic) bond motifs is 3. The second kappa shape index (κ2) is 5.29. The molecule has 0 atom stereocenters. The van der Waals surface area contributed by atoms with E-state index < -0.39 is 0 Å². The number of para-hydroxylation sites is 1. The van der Waals surface area contributed by atoms with E-state index in [9.17, 15) is 9.90 Å². The summed E-state index contributed by atoms with van der Waals surface area (Å²) in [4.78, 5) is 10.6. The predicted octanol–water partition coefficient (Wildman–Crippen LogP) is 4.45. The molecule has 0 saturated carbocycles. The van der Waals surface area contributed by atoms with Crippen molar-refractivity contribution in [3.05, 3.63) is 59.7 Å². The van der Waals surface area contributed by atoms with Gasteiger partial charge in [0.05, 0.1) is 0 Å². The average molecular weight is 278 g/mol. The third-order valence-corrected chi connectivity index (χ3v) is 3.33. The van der Waals surface area contributed by atoms with Crippen molar-refractivity contribution in [1.29, 1.82) is 0 Å². The van der Waals surface area contributed by atoms with Gasteiger partial charge in [-0.3, -0.25) is 4.79 Å². The molecule has 1 heterocycles. The molecule has 0 spiro atoms. The molecule has 2 aromatic carbocycles. The van der Waals surface area contributed by atoms with Crippen LogP contribution in [0.3, 0.4) is 0 Å². The largest absolute Gasteiger partial charge is 0.508 e. The zero-order valence-corrected chi connectivity index (χ0v) is 11.5. The molecule has 104 valence electrons. The van der Waals surface area contributed by atoms with Crippen LogP contribution in [0.5, 0.6) is 5.75 Å². The Balaban J connectivity index is 2.16. The number of phenols is 1. The van der Waals surface area contributed by atoms with E-state index >= 15 is 0 Å². The summed E-state index contributed by atoms with van der Waals surface area (Å²) in [5.74, 6) is 0.218. The number of carbonyl (C=O) groups excluding carboxylic acids is 1. The third-order valence-electron chi connectivity index (χ3n) is 3.33. The molecule has 0 aliphatic carbocycles. The van der Waals surface area contributed by atoms with Crippen LogP contribution >= 0.6 is 0 Å². The van der Waals surface area contributed by atoms with Crippen LogP contribution < -0.4 is 0 Å². The summed E-state index contributed by atoms with van der Waals surface area (Å²) in [6, 6.07) is 10.9. The predicted molar refractivity (Wildman–Crippen MR) is 84.2 cm³/mol. The molecule has 3 heteroatoms. The van der Waals surface area contributed by atoms with Gasteiger partial charge in [-0.05, 0) is 30.7 Å². The fourth-order valence-corrected chi connectivity index (χ4v) is 2.28. The van der Waals surface area contributed by atoms with Gasteiger partial charge < -0.3 is 9.52 Å². The van der Waals surface area contributed by atoms with Crippen molar-refractivity contribution < 1.29 is 14.3 Å². The smallest absolute Gasteiger partial charge is 0.145 e. The number of furan rings is 1. The first kappa shape index (κ1) is 13.2. The Morgan fingerprint density at radius 3 is 2.86 bits per heavy atom. The van der Waals surface area contributed by atoms with Gasteiger partial charge in [-0.2, -0.15) is 0 Å². The van der Waals surface area contributed by atoms with E-state index in [1.54, 1.807) is 31.2 Å². The number of benzene rings is 2. The van der Waals surface area contributed by atoms with Crippen LogP contribution in [0.25, 0.3) is 28.0 Å². The van der Waals surface area contributed by atoms with E-state index in [1.807, 2.05) is 30.4 Å². The fraction of sp³-hybridized carbons (Fsp3) is 0.0556. The Morgan fingerprint density at radius 2 is 2.05 bits per heavy atom. The normalized spacial score (nSPS) is 12.5. The van der Waals surface area contributed by atoms with Crippen LogP contribution in [-0.4, -0.2) is 11.4 Å². The highest BCUT2D eigenvalue weighted by Crippen LogP contribution is 2.33. The van der Waals surface area contributed by atoms with Crippen molar-refractivity contribution in [3.8, 4) is 5.75 Å². The lowest BCUT2D eigenvalue weighted by Gasteiger charge is -1.94. The number of aromatic hydroxyl groups is 1. The summed E-state index contributed by atoms with van der Waals surface area (Å²) in [6.45, 7) is 1.75. The summed E-state index contributed by atoms with van der Waals surface area (Å²) in [5.41, 5.74) is 3.10. The summed E-state index contributed by atoms with van der Waals surface area (Å²) in [5, 5.41) is 11.5. The molecule has 21 heavy (non-hydrogen) atoms. The zero-order valence-electron chi connectivity index (χ0n) is 11.5. The van der Waals surface area contributed by atoms with Gasteiger partial charge in [0.15, 0.2) is 0 Å². The molecule has 0 saturated heterocycles. The molecule has 0 bridgehead atoms. The SMILES string of the molecule is C/C(C=O)=C/C=C\c1cccc2c1oc1ccc(O)cc12. The molecule has 0 aliphatic rings. The lowest BCUT2D eigenvalue weighted by Crippen LogP contribution is -1.75. The van der Waals surface area contributed by atoms with Gasteiger partial charge >= 0.3 is 0 Å². The van der Waals surface area contributed by atoms with Crippen molar-refractivity contribution in [2.75, 3.05) is 0 Å². The number of rotatable bonds is 3. The van der Waals surface area contributed by atoms with Crippen molar-refractivity contribution in [3.63, 3.8) is 0 Å². The Kier molecular flexibility index (Phi) is 3.32. The molecule has 0 amide bonds. The highest BCUT2D eigenvalue weighted by Gasteiger charge is 2.09. The maximum atomic E-state index is 10.6. The molecule has 1 N–H and O–H groups in total. The molecular formula is C18H14O3. The van der Waals surface area contributed by atoms with Gasteiger partial charge in [0.25, 0.3) is 0 Å². The van der Waals surface area contributed by atoms with Crippen LogP contribution in [0.15, 0.2) is 58.5 Å². The number of allylic oxidation sites excluding steroid dienone is 3. The number of phenolic OH excluding ortho intramolecular Hbond substituents is 1. The number of carbonyl (C=O) groups is 1. The fourth-order valence-electron chi connectivity index (χ4n) is 2.28. The van der Waals surface area contributed by atoms with Crippen molar-refractivity contribution in [2.45, 2.75) is 6.92 Å². The minimum absolute atomic E-state index is 0.218. The van der Waals surface area contributed by atoms with Crippen LogP contribution in [0.1, 0.15) is 12.5 Å². The minimum Gasteiger partial charge on any atom is -0.508 e. The van der Waals surface area contributed by atoms with Crippen molar-refractivity contribution in [2.24, 2.45) is 0 Å². The van der Waals surface area contributed by atoms with Crippen molar-refractivity contribution >= 4 is 34.3 Å². The van der Waals surface area contributed by atoms with Gasteiger partial charge in [0, 0.05) is 16.3 Å². The maximum Gasteiger partial charge on any atom is 0.145 e. The topological polar surface area (TPSA) is 50.4 Å². The monoisotopic (exact) mass is 278 g/mol. The molecule has 0 fully saturated rings.